The molecule has 0 aliphatic heterocycles. The standard InChI is InChI=1S/C17H31N3/c1-7-10-18-15(6)16-9-8-11-19-17(16)20(14(4)5)12-13(2)3/h8-9,11,13-15,18H,7,10,12H2,1-6H3. The first kappa shape index (κ1) is 17.0. The summed E-state index contributed by atoms with van der Waals surface area (Å²) in [6.07, 6.45) is 3.06. The Labute approximate surface area is 124 Å². The van der Waals surface area contributed by atoms with E-state index in [4.69, 9.17) is 0 Å². The van der Waals surface area contributed by atoms with E-state index in [1.54, 1.807) is 0 Å². The van der Waals surface area contributed by atoms with E-state index in [0.717, 1.165) is 25.3 Å². The number of hydrogen-bond donors (Lipinski definition) is 1. The molecular formula is C17H31N3. The van der Waals surface area contributed by atoms with Crippen LogP contribution in [0.1, 0.15) is 59.6 Å². The quantitative estimate of drug-likeness (QED) is 0.778. The molecule has 1 N–H and O–H groups in total. The van der Waals surface area contributed by atoms with Crippen LogP contribution < -0.4 is 10.2 Å². The first-order chi connectivity index (χ1) is 9.47. The van der Waals surface area contributed by atoms with Crippen molar-refractivity contribution in [3.8, 4) is 0 Å². The minimum atomic E-state index is 0.340. The van der Waals surface area contributed by atoms with Crippen LogP contribution in [0.25, 0.3) is 0 Å². The van der Waals surface area contributed by atoms with E-state index >= 15 is 0 Å². The van der Waals surface area contributed by atoms with E-state index in [1.807, 2.05) is 12.3 Å². The van der Waals surface area contributed by atoms with Gasteiger partial charge in [0.05, 0.1) is 0 Å². The minimum absolute atomic E-state index is 0.340. The van der Waals surface area contributed by atoms with E-state index in [9.17, 15) is 0 Å². The van der Waals surface area contributed by atoms with Gasteiger partial charge in [-0.05, 0) is 45.7 Å². The Morgan fingerprint density at radius 1 is 1.20 bits per heavy atom. The Balaban J connectivity index is 3.02. The highest BCUT2D eigenvalue weighted by Crippen LogP contribution is 2.26. The maximum Gasteiger partial charge on any atom is 0.133 e. The van der Waals surface area contributed by atoms with Gasteiger partial charge in [0.1, 0.15) is 5.82 Å². The molecule has 0 aromatic carbocycles. The van der Waals surface area contributed by atoms with Crippen molar-refractivity contribution in [2.24, 2.45) is 5.92 Å². The van der Waals surface area contributed by atoms with Crippen molar-refractivity contribution in [2.45, 2.75) is 60.0 Å². The van der Waals surface area contributed by atoms with E-state index in [0.29, 0.717) is 18.0 Å². The number of anilines is 1. The SMILES string of the molecule is CCCNC(C)c1cccnc1N(CC(C)C)C(C)C. The van der Waals surface area contributed by atoms with Crippen LogP contribution in [0.4, 0.5) is 5.82 Å². The zero-order valence-electron chi connectivity index (χ0n) is 14.0. The van der Waals surface area contributed by atoms with Gasteiger partial charge in [0.2, 0.25) is 0 Å². The Morgan fingerprint density at radius 3 is 2.45 bits per heavy atom. The van der Waals surface area contributed by atoms with Crippen molar-refractivity contribution in [2.75, 3.05) is 18.0 Å². The molecule has 0 amide bonds. The molecule has 1 rings (SSSR count). The van der Waals surface area contributed by atoms with E-state index in [2.05, 4.69) is 62.8 Å². The van der Waals surface area contributed by atoms with Crippen LogP contribution >= 0.6 is 0 Å². The molecule has 114 valence electrons. The summed E-state index contributed by atoms with van der Waals surface area (Å²) < 4.78 is 0. The van der Waals surface area contributed by atoms with Gasteiger partial charge in [-0.25, -0.2) is 4.98 Å². The molecular weight excluding hydrogens is 246 g/mol. The summed E-state index contributed by atoms with van der Waals surface area (Å²) in [4.78, 5) is 7.09. The minimum Gasteiger partial charge on any atom is -0.354 e. The number of pyridine rings is 1. The summed E-state index contributed by atoms with van der Waals surface area (Å²) in [6.45, 7) is 15.5. The number of rotatable bonds is 8. The monoisotopic (exact) mass is 277 g/mol. The van der Waals surface area contributed by atoms with Gasteiger partial charge in [0.15, 0.2) is 0 Å². The summed E-state index contributed by atoms with van der Waals surface area (Å²) in [6, 6.07) is 5.04. The lowest BCUT2D eigenvalue weighted by molar-refractivity contribution is 0.543. The molecule has 1 heterocycles. The fraction of sp³-hybridized carbons (Fsp3) is 0.706. The van der Waals surface area contributed by atoms with Crippen LogP contribution in [0, 0.1) is 5.92 Å². The fourth-order valence-electron chi connectivity index (χ4n) is 2.39. The van der Waals surface area contributed by atoms with Gasteiger partial charge in [-0.15, -0.1) is 0 Å². The van der Waals surface area contributed by atoms with E-state index < -0.39 is 0 Å². The van der Waals surface area contributed by atoms with Gasteiger partial charge in [0.25, 0.3) is 0 Å². The second-order valence-corrected chi connectivity index (χ2v) is 6.23. The smallest absolute Gasteiger partial charge is 0.133 e. The van der Waals surface area contributed by atoms with Crippen molar-refractivity contribution in [1.82, 2.24) is 10.3 Å². The summed E-state index contributed by atoms with van der Waals surface area (Å²) in [5.74, 6) is 1.76. The molecule has 0 spiro atoms. The Bertz CT molecular complexity index is 388. The number of aromatic nitrogens is 1. The third-order valence-electron chi connectivity index (χ3n) is 3.44. The van der Waals surface area contributed by atoms with Gasteiger partial charge in [-0.1, -0.05) is 26.8 Å². The van der Waals surface area contributed by atoms with Crippen molar-refractivity contribution in [1.29, 1.82) is 0 Å². The molecule has 1 aromatic heterocycles. The maximum absolute atomic E-state index is 4.67. The van der Waals surface area contributed by atoms with Crippen molar-refractivity contribution in [3.63, 3.8) is 0 Å². The third kappa shape index (κ3) is 4.78. The molecule has 3 nitrogen and oxygen atoms in total. The second kappa shape index (κ2) is 8.25. The summed E-state index contributed by atoms with van der Waals surface area (Å²) in [5.41, 5.74) is 1.30. The maximum atomic E-state index is 4.67. The normalized spacial score (nSPS) is 13.0. The molecule has 1 atom stereocenters. The Hall–Kier alpha value is -1.09. The molecule has 0 fully saturated rings. The van der Waals surface area contributed by atoms with E-state index in [1.165, 1.54) is 5.56 Å². The van der Waals surface area contributed by atoms with Gasteiger partial charge in [-0.2, -0.15) is 0 Å². The number of nitrogens with one attached hydrogen (secondary N) is 1. The zero-order chi connectivity index (χ0) is 15.1. The molecule has 20 heavy (non-hydrogen) atoms. The molecule has 0 aliphatic rings. The van der Waals surface area contributed by atoms with Crippen LogP contribution in [0.3, 0.4) is 0 Å². The zero-order valence-corrected chi connectivity index (χ0v) is 14.0. The molecule has 0 saturated carbocycles. The average molecular weight is 277 g/mol. The van der Waals surface area contributed by atoms with Crippen LogP contribution in [-0.2, 0) is 0 Å². The lowest BCUT2D eigenvalue weighted by Crippen LogP contribution is -2.36. The first-order valence-corrected chi connectivity index (χ1v) is 7.92. The van der Waals surface area contributed by atoms with Crippen molar-refractivity contribution >= 4 is 5.82 Å². The van der Waals surface area contributed by atoms with Crippen molar-refractivity contribution in [3.05, 3.63) is 23.9 Å². The van der Waals surface area contributed by atoms with Gasteiger partial charge >= 0.3 is 0 Å². The third-order valence-corrected chi connectivity index (χ3v) is 3.44. The summed E-state index contributed by atoms with van der Waals surface area (Å²) in [5, 5.41) is 3.57. The molecule has 0 saturated heterocycles. The highest BCUT2D eigenvalue weighted by Gasteiger charge is 2.19. The fourth-order valence-corrected chi connectivity index (χ4v) is 2.39. The number of hydrogen-bond acceptors (Lipinski definition) is 3. The van der Waals surface area contributed by atoms with E-state index in [-0.39, 0.29) is 0 Å². The first-order valence-electron chi connectivity index (χ1n) is 7.92. The lowest BCUT2D eigenvalue weighted by Gasteiger charge is -2.32. The van der Waals surface area contributed by atoms with Crippen molar-refractivity contribution < 1.29 is 0 Å². The lowest BCUT2D eigenvalue weighted by atomic mass is 10.1. The van der Waals surface area contributed by atoms with Gasteiger partial charge in [-0.3, -0.25) is 0 Å². The van der Waals surface area contributed by atoms with Crippen LogP contribution in [0.2, 0.25) is 0 Å². The predicted molar refractivity (Wildman–Crippen MR) is 88.3 cm³/mol. The molecule has 0 aliphatic carbocycles. The largest absolute Gasteiger partial charge is 0.354 e. The Morgan fingerprint density at radius 2 is 1.90 bits per heavy atom. The average Bonchev–Trinajstić information content (AvgIpc) is 2.41. The van der Waals surface area contributed by atoms with Crippen LogP contribution in [-0.4, -0.2) is 24.1 Å². The summed E-state index contributed by atoms with van der Waals surface area (Å²) in [7, 11) is 0. The molecule has 1 unspecified atom stereocenters. The van der Waals surface area contributed by atoms with Gasteiger partial charge < -0.3 is 10.2 Å². The highest BCUT2D eigenvalue weighted by molar-refractivity contribution is 5.49. The van der Waals surface area contributed by atoms with Crippen LogP contribution in [0.5, 0.6) is 0 Å². The molecule has 0 bridgehead atoms. The van der Waals surface area contributed by atoms with Gasteiger partial charge in [0, 0.05) is 30.4 Å². The number of nitrogens with zero attached hydrogens (tertiary/aromatic N) is 2. The Kier molecular flexibility index (Phi) is 7.00. The molecule has 0 radical (unpaired) electrons. The summed E-state index contributed by atoms with van der Waals surface area (Å²) >= 11 is 0. The highest BCUT2D eigenvalue weighted by atomic mass is 15.2. The van der Waals surface area contributed by atoms with Crippen LogP contribution in [0.15, 0.2) is 18.3 Å². The molecule has 3 heteroatoms. The second-order valence-electron chi connectivity index (χ2n) is 6.23. The molecule has 1 aromatic rings. The predicted octanol–water partition coefficient (Wildman–Crippen LogP) is 4.01. The topological polar surface area (TPSA) is 28.2 Å².